The number of hydrogen-bond donors (Lipinski definition) is 4. The van der Waals surface area contributed by atoms with Crippen molar-refractivity contribution in [2.24, 2.45) is 0 Å². The molecule has 23 heteroatoms. The molecule has 53 heavy (non-hydrogen) atoms. The minimum atomic E-state index is -4.63. The highest BCUT2D eigenvalue weighted by molar-refractivity contribution is 5.59. The van der Waals surface area contributed by atoms with Crippen LogP contribution in [0.15, 0.2) is 24.8 Å². The molecule has 0 fully saturated rings. The monoisotopic (exact) mass is 760 g/mol. The van der Waals surface area contributed by atoms with Crippen molar-refractivity contribution in [3.63, 3.8) is 0 Å². The van der Waals surface area contributed by atoms with Crippen LogP contribution in [0.25, 0.3) is 0 Å². The summed E-state index contributed by atoms with van der Waals surface area (Å²) in [4.78, 5) is 14.9. The Labute approximate surface area is 296 Å². The Morgan fingerprint density at radius 3 is 1.43 bits per heavy atom. The number of anilines is 6. The number of alkyl halides is 9. The molecule has 4 N–H and O–H groups in total. The van der Waals surface area contributed by atoms with E-state index in [1.807, 2.05) is 6.07 Å². The van der Waals surface area contributed by atoms with Crippen LogP contribution in [0.4, 0.5) is 74.4 Å². The summed E-state index contributed by atoms with van der Waals surface area (Å²) in [5.74, 6) is -1.03. The molecule has 1 atom stereocenters. The second-order valence-corrected chi connectivity index (χ2v) is 11.3. The first kappa shape index (κ1) is 41.5. The number of hydrogen-bond acceptors (Lipinski definition) is 12. The van der Waals surface area contributed by atoms with Crippen LogP contribution >= 0.6 is 0 Å². The average Bonchev–Trinajstić information content (AvgIpc) is 3.66. The van der Waals surface area contributed by atoms with Crippen LogP contribution in [0.5, 0.6) is 0 Å². The topological polar surface area (TPSA) is 183 Å². The van der Waals surface area contributed by atoms with Crippen LogP contribution in [0.1, 0.15) is 43.3 Å². The lowest BCUT2D eigenvalue weighted by Gasteiger charge is -2.19. The Kier molecular flexibility index (Phi) is 13.0. The van der Waals surface area contributed by atoms with E-state index in [1.54, 1.807) is 26.8 Å². The van der Waals surface area contributed by atoms with Gasteiger partial charge in [-0.1, -0.05) is 0 Å². The molecular weight excluding hydrogens is 727 g/mol. The number of rotatable bonds is 13. The zero-order valence-electron chi connectivity index (χ0n) is 28.7. The third-order valence-electron chi connectivity index (χ3n) is 7.26. The van der Waals surface area contributed by atoms with Crippen LogP contribution in [0.2, 0.25) is 0 Å². The van der Waals surface area contributed by atoms with Gasteiger partial charge in [0.15, 0.2) is 5.54 Å². The fraction of sp³-hybridized carbons (Fsp3) is 0.467. The van der Waals surface area contributed by atoms with E-state index in [-0.39, 0.29) is 42.2 Å². The molecule has 0 aliphatic rings. The first-order valence-electron chi connectivity index (χ1n) is 15.4. The van der Waals surface area contributed by atoms with Crippen LogP contribution in [-0.2, 0) is 23.4 Å². The summed E-state index contributed by atoms with van der Waals surface area (Å²) in [6.45, 7) is 4.61. The maximum absolute atomic E-state index is 13.2. The summed E-state index contributed by atoms with van der Waals surface area (Å²) >= 11 is 0. The third kappa shape index (κ3) is 9.52. The molecule has 0 saturated carbocycles. The Bertz CT molecular complexity index is 1940. The van der Waals surface area contributed by atoms with Gasteiger partial charge in [-0.3, -0.25) is 0 Å². The second kappa shape index (κ2) is 16.6. The average molecular weight is 761 g/mol. The molecule has 1 unspecified atom stereocenters. The molecule has 0 aliphatic carbocycles. The van der Waals surface area contributed by atoms with Crippen molar-refractivity contribution in [1.29, 1.82) is 10.5 Å². The Morgan fingerprint density at radius 2 is 1.09 bits per heavy atom. The molecule has 0 amide bonds. The molecule has 0 aliphatic heterocycles. The summed E-state index contributed by atoms with van der Waals surface area (Å²) in [6.07, 6.45) is -5.38. The molecule has 4 heterocycles. The van der Waals surface area contributed by atoms with Gasteiger partial charge >= 0.3 is 12.4 Å². The summed E-state index contributed by atoms with van der Waals surface area (Å²) in [6, 6.07) is 3.37. The zero-order chi connectivity index (χ0) is 39.8. The van der Waals surface area contributed by atoms with E-state index in [0.717, 1.165) is 9.36 Å². The second-order valence-electron chi connectivity index (χ2n) is 11.3. The standard InChI is InChI=1S/C15H16F5N7.C15H17F4N7/c1-3-22-12-10(15(18,19)20)4-23-13(25-12)24-11-5-27(26-9(11)2)14(6-16,7-17)8-21;1-4-21-12-10(15(17,18)19)5-22-13(24-12)23-11-6-26(25-9(11)2)14(3,7-16)8-20/h4-5H,3,6-7H2,1-2H3,(H2,22,23,24,25);5-6H,4,7H2,1-3H3,(H2,21,22,23,24). The first-order valence-corrected chi connectivity index (χ1v) is 15.4. The van der Waals surface area contributed by atoms with Crippen molar-refractivity contribution in [1.82, 2.24) is 39.5 Å². The Balaban J connectivity index is 0.000000286. The predicted molar refractivity (Wildman–Crippen MR) is 174 cm³/mol. The third-order valence-corrected chi connectivity index (χ3v) is 7.26. The molecule has 0 radical (unpaired) electrons. The molecule has 0 bridgehead atoms. The highest BCUT2D eigenvalue weighted by atomic mass is 19.4. The largest absolute Gasteiger partial charge is 0.421 e. The van der Waals surface area contributed by atoms with Gasteiger partial charge < -0.3 is 21.3 Å². The van der Waals surface area contributed by atoms with Crippen molar-refractivity contribution in [3.05, 3.63) is 47.3 Å². The number of nitrogens with zero attached hydrogens (tertiary/aromatic N) is 10. The van der Waals surface area contributed by atoms with Crippen molar-refractivity contribution >= 4 is 34.9 Å². The Morgan fingerprint density at radius 1 is 0.679 bits per heavy atom. The van der Waals surface area contributed by atoms with E-state index >= 15 is 0 Å². The first-order chi connectivity index (χ1) is 24.8. The van der Waals surface area contributed by atoms with Crippen molar-refractivity contribution in [2.45, 2.75) is 58.0 Å². The van der Waals surface area contributed by atoms with E-state index < -0.39 is 60.4 Å². The van der Waals surface area contributed by atoms with Gasteiger partial charge in [0.05, 0.1) is 47.3 Å². The summed E-state index contributed by atoms with van der Waals surface area (Å²) in [5.41, 5.74) is -4.40. The van der Waals surface area contributed by atoms with Crippen molar-refractivity contribution in [3.8, 4) is 12.1 Å². The van der Waals surface area contributed by atoms with Gasteiger partial charge in [-0.25, -0.2) is 32.5 Å². The lowest BCUT2D eigenvalue weighted by Crippen LogP contribution is -2.37. The van der Waals surface area contributed by atoms with Crippen molar-refractivity contribution < 1.29 is 39.5 Å². The number of aryl methyl sites for hydroxylation is 2. The minimum absolute atomic E-state index is 0.0875. The molecule has 0 aromatic carbocycles. The lowest BCUT2D eigenvalue weighted by molar-refractivity contribution is -0.138. The summed E-state index contributed by atoms with van der Waals surface area (Å²) in [5, 5.41) is 36.6. The highest BCUT2D eigenvalue weighted by Crippen LogP contribution is 2.35. The smallest absolute Gasteiger partial charge is 0.370 e. The fourth-order valence-electron chi connectivity index (χ4n) is 4.19. The molecule has 0 saturated heterocycles. The van der Waals surface area contributed by atoms with Gasteiger partial charge in [0, 0.05) is 25.5 Å². The van der Waals surface area contributed by atoms with Crippen LogP contribution in [0.3, 0.4) is 0 Å². The molecule has 4 rings (SSSR count). The zero-order valence-corrected chi connectivity index (χ0v) is 28.7. The maximum Gasteiger partial charge on any atom is 0.421 e. The van der Waals surface area contributed by atoms with Crippen molar-refractivity contribution in [2.75, 3.05) is 54.4 Å². The maximum atomic E-state index is 13.2. The van der Waals surface area contributed by atoms with Gasteiger partial charge in [-0.05, 0) is 34.6 Å². The molecule has 14 nitrogen and oxygen atoms in total. The molecule has 4 aromatic heterocycles. The van der Waals surface area contributed by atoms with Gasteiger partial charge in [0.1, 0.15) is 42.8 Å². The molecule has 286 valence electrons. The molecular formula is C30H33F9N14. The number of nitrogens with one attached hydrogen (secondary N) is 4. The predicted octanol–water partition coefficient (Wildman–Crippen LogP) is 6.72. The quantitative estimate of drug-likeness (QED) is 0.106. The Hall–Kier alpha value is -5.87. The number of aromatic nitrogens is 8. The van der Waals surface area contributed by atoms with E-state index in [2.05, 4.69) is 51.4 Å². The van der Waals surface area contributed by atoms with Crippen LogP contribution < -0.4 is 21.3 Å². The van der Waals surface area contributed by atoms with Gasteiger partial charge in [-0.15, -0.1) is 0 Å². The van der Waals surface area contributed by atoms with Crippen LogP contribution in [0, 0.1) is 36.5 Å². The van der Waals surface area contributed by atoms with Gasteiger partial charge in [-0.2, -0.15) is 57.0 Å². The fourth-order valence-corrected chi connectivity index (χ4v) is 4.19. The lowest BCUT2D eigenvalue weighted by atomic mass is 10.1. The normalized spacial score (nSPS) is 12.8. The minimum Gasteiger partial charge on any atom is -0.370 e. The van der Waals surface area contributed by atoms with Gasteiger partial charge in [0.25, 0.3) is 0 Å². The number of halogens is 9. The van der Waals surface area contributed by atoms with Gasteiger partial charge in [0.2, 0.25) is 17.4 Å². The van der Waals surface area contributed by atoms with E-state index in [4.69, 9.17) is 10.5 Å². The molecule has 0 spiro atoms. The molecule has 4 aromatic rings. The van der Waals surface area contributed by atoms with E-state index in [0.29, 0.717) is 23.8 Å². The number of nitriles is 2. The summed E-state index contributed by atoms with van der Waals surface area (Å²) < 4.78 is 119. The van der Waals surface area contributed by atoms with Crippen LogP contribution in [-0.4, -0.2) is 72.6 Å². The SMILES string of the molecule is CCNc1nc(Nc2cn(C(C#N)(CF)CF)nc2C)ncc1C(F)(F)F.CCNc1nc(Nc2cn(C(C)(C#N)CF)nc2C)ncc1C(F)(F)F. The highest BCUT2D eigenvalue weighted by Gasteiger charge is 2.37. The van der Waals surface area contributed by atoms with E-state index in [1.165, 1.54) is 26.2 Å². The van der Waals surface area contributed by atoms with E-state index in [9.17, 15) is 39.5 Å². The summed E-state index contributed by atoms with van der Waals surface area (Å²) in [7, 11) is 0.